The van der Waals surface area contributed by atoms with Crippen molar-refractivity contribution in [1.82, 2.24) is 47.3 Å². The Hall–Kier alpha value is -5.18. The Morgan fingerprint density at radius 2 is 1.02 bits per heavy atom. The van der Waals surface area contributed by atoms with Gasteiger partial charge in [-0.2, -0.15) is 0 Å². The van der Waals surface area contributed by atoms with Gasteiger partial charge in [0.1, 0.15) is 0 Å². The van der Waals surface area contributed by atoms with Crippen molar-refractivity contribution in [3.63, 3.8) is 0 Å². The molecule has 0 aliphatic heterocycles. The molecule has 0 aliphatic carbocycles. The fourth-order valence-corrected chi connectivity index (χ4v) is 6.23. The van der Waals surface area contributed by atoms with Crippen LogP contribution in [0.5, 0.6) is 0 Å². The largest absolute Gasteiger partial charge is 0.467 e. The van der Waals surface area contributed by atoms with Crippen LogP contribution in [0.25, 0.3) is 66.9 Å². The van der Waals surface area contributed by atoms with Gasteiger partial charge in [-0.1, -0.05) is 83.9 Å². The van der Waals surface area contributed by atoms with Gasteiger partial charge in [0.25, 0.3) is 0 Å². The number of aryl methyl sites for hydroxylation is 4. The number of para-hydroxylation sites is 2. The van der Waals surface area contributed by atoms with E-state index in [0.29, 0.717) is 0 Å². The molecule has 0 fully saturated rings. The van der Waals surface area contributed by atoms with Crippen molar-refractivity contribution >= 4 is 43.9 Å². The van der Waals surface area contributed by atoms with Crippen molar-refractivity contribution in [3.8, 4) is 23.0 Å². The molecule has 10 aromatic rings. The second-order valence-corrected chi connectivity index (χ2v) is 11.8. The molecule has 12 nitrogen and oxygen atoms in total. The van der Waals surface area contributed by atoms with Crippen molar-refractivity contribution in [3.05, 3.63) is 123 Å². The van der Waals surface area contributed by atoms with Gasteiger partial charge in [-0.15, -0.1) is 12.4 Å². The van der Waals surface area contributed by atoms with Gasteiger partial charge in [0, 0.05) is 79.6 Å². The van der Waals surface area contributed by atoms with E-state index >= 15 is 0 Å². The van der Waals surface area contributed by atoms with E-state index in [1.165, 1.54) is 0 Å². The zero-order chi connectivity index (χ0) is 32.5. The Morgan fingerprint density at radius 1 is 0.580 bits per heavy atom. The van der Waals surface area contributed by atoms with Gasteiger partial charge < -0.3 is 56.5 Å². The van der Waals surface area contributed by atoms with Gasteiger partial charge in [0.05, 0.1) is 25.5 Å². The van der Waals surface area contributed by atoms with E-state index in [-0.39, 0.29) is 42.1 Å². The fourth-order valence-electron chi connectivity index (χ4n) is 6.23. The quantitative estimate of drug-likeness (QED) is 0.200. The standard InChI is InChI=1S/2C18H14N6.2Pt/c2*1-21-8-9-23(12-21)15-5-3-4-13-14-6-7-24(18(14)20-17(13)15)16-10-22(2)11-19-16;;/h2*3-10H,1-2H3;;/q2*-2;;. The summed E-state index contributed by atoms with van der Waals surface area (Å²) in [5.74, 6) is 1.63. The molecule has 0 unspecified atom stereocenters. The van der Waals surface area contributed by atoms with Crippen LogP contribution >= 0.6 is 0 Å². The van der Waals surface area contributed by atoms with Gasteiger partial charge in [0.15, 0.2) is 0 Å². The summed E-state index contributed by atoms with van der Waals surface area (Å²) in [6.45, 7) is 0. The normalized spacial score (nSPS) is 11.3. The first kappa shape index (κ1) is 33.3. The molecular formula is C36H28N12Pt2-4. The molecule has 50 heavy (non-hydrogen) atoms. The summed E-state index contributed by atoms with van der Waals surface area (Å²) in [5.41, 5.74) is 5.77. The van der Waals surface area contributed by atoms with Crippen LogP contribution in [-0.2, 0) is 70.3 Å². The molecule has 0 aliphatic rings. The predicted octanol–water partition coefficient (Wildman–Crippen LogP) is 3.37. The van der Waals surface area contributed by atoms with Crippen molar-refractivity contribution in [2.24, 2.45) is 28.2 Å². The first-order valence-corrected chi connectivity index (χ1v) is 15.3. The maximum atomic E-state index is 4.90. The number of rotatable bonds is 4. The van der Waals surface area contributed by atoms with Crippen LogP contribution in [0, 0.1) is 25.3 Å². The van der Waals surface area contributed by atoms with Crippen LogP contribution in [0.3, 0.4) is 0 Å². The fraction of sp³-hybridized carbons (Fsp3) is 0.111. The third-order valence-electron chi connectivity index (χ3n) is 8.45. The topological polar surface area (TPSA) is 91.3 Å². The van der Waals surface area contributed by atoms with Gasteiger partial charge in [-0.3, -0.25) is 0 Å². The summed E-state index contributed by atoms with van der Waals surface area (Å²) in [6, 6.07) is 16.6. The van der Waals surface area contributed by atoms with Crippen molar-refractivity contribution in [2.75, 3.05) is 0 Å². The van der Waals surface area contributed by atoms with E-state index in [0.717, 1.165) is 66.9 Å². The van der Waals surface area contributed by atoms with Crippen LogP contribution in [-0.4, -0.2) is 37.4 Å². The molecule has 0 atom stereocenters. The average Bonchev–Trinajstić information content (AvgIpc) is 3.91. The molecule has 8 aromatic heterocycles. The minimum atomic E-state index is 0. The Morgan fingerprint density at radius 3 is 1.38 bits per heavy atom. The summed E-state index contributed by atoms with van der Waals surface area (Å²) in [4.78, 5) is 18.4. The number of nitrogens with zero attached hydrogens (tertiary/aromatic N) is 12. The number of hydrogen-bond acceptors (Lipinski definition) is 2. The first-order chi connectivity index (χ1) is 23.4. The van der Waals surface area contributed by atoms with Crippen LogP contribution in [0.1, 0.15) is 0 Å². The second-order valence-electron chi connectivity index (χ2n) is 11.8. The molecule has 10 rings (SSSR count). The van der Waals surface area contributed by atoms with Crippen LogP contribution in [0.4, 0.5) is 0 Å². The Balaban J connectivity index is 0.000000151. The SMILES string of the molecule is Cn1[c-]nc(-n2ccc3c4cccc(-n5[c-][n+](C)cc5)c4[n-]c32)c1.Cn1[c-]nc(-n2ccc3c4cccc(-n5[c-][n+](C)cc5)c4[n-]c32)c1.[Pt].[Pt]. The average molecular weight is 1020 g/mol. The molecule has 0 saturated heterocycles. The summed E-state index contributed by atoms with van der Waals surface area (Å²) < 4.78 is 15.3. The molecule has 14 heteroatoms. The van der Waals surface area contributed by atoms with Gasteiger partial charge in [-0.05, 0) is 46.7 Å². The minimum absolute atomic E-state index is 0. The van der Waals surface area contributed by atoms with E-state index in [2.05, 4.69) is 83.8 Å². The second kappa shape index (κ2) is 12.9. The number of imidazole rings is 4. The van der Waals surface area contributed by atoms with Gasteiger partial charge in [0.2, 0.25) is 12.7 Å². The zero-order valence-electron chi connectivity index (χ0n) is 27.2. The molecule has 0 radical (unpaired) electrons. The molecule has 0 N–H and O–H groups in total. The number of benzene rings is 2. The minimum Gasteiger partial charge on any atom is -0.467 e. The van der Waals surface area contributed by atoms with E-state index < -0.39 is 0 Å². The van der Waals surface area contributed by atoms with E-state index in [1.807, 2.05) is 114 Å². The monoisotopic (exact) mass is 1020 g/mol. The van der Waals surface area contributed by atoms with Gasteiger partial charge >= 0.3 is 0 Å². The molecule has 8 heterocycles. The summed E-state index contributed by atoms with van der Waals surface area (Å²) in [6.07, 6.45) is 28.0. The van der Waals surface area contributed by atoms with E-state index in [1.54, 1.807) is 0 Å². The Kier molecular flexibility index (Phi) is 8.62. The number of fused-ring (bicyclic) bond motifs is 6. The number of aromatic nitrogens is 12. The maximum absolute atomic E-state index is 4.90. The summed E-state index contributed by atoms with van der Waals surface area (Å²) in [5, 5.41) is 4.50. The zero-order valence-corrected chi connectivity index (χ0v) is 31.8. The van der Waals surface area contributed by atoms with Crippen molar-refractivity contribution in [1.29, 1.82) is 0 Å². The van der Waals surface area contributed by atoms with Crippen molar-refractivity contribution in [2.45, 2.75) is 0 Å². The summed E-state index contributed by atoms with van der Waals surface area (Å²) >= 11 is 0. The van der Waals surface area contributed by atoms with E-state index in [9.17, 15) is 0 Å². The van der Waals surface area contributed by atoms with Crippen LogP contribution in [0.2, 0.25) is 0 Å². The molecular weight excluding hydrogens is 991 g/mol. The Bertz CT molecular complexity index is 2570. The van der Waals surface area contributed by atoms with E-state index in [4.69, 9.17) is 9.97 Å². The van der Waals surface area contributed by atoms with Crippen LogP contribution < -0.4 is 19.1 Å². The predicted molar refractivity (Wildman–Crippen MR) is 178 cm³/mol. The molecule has 256 valence electrons. The third-order valence-corrected chi connectivity index (χ3v) is 8.45. The van der Waals surface area contributed by atoms with Gasteiger partial charge in [-0.25, -0.2) is 0 Å². The molecule has 0 saturated carbocycles. The summed E-state index contributed by atoms with van der Waals surface area (Å²) in [7, 11) is 7.73. The molecule has 0 spiro atoms. The smallest absolute Gasteiger partial charge is 0.243 e. The first-order valence-electron chi connectivity index (χ1n) is 15.3. The molecule has 0 amide bonds. The third kappa shape index (κ3) is 5.49. The maximum Gasteiger partial charge on any atom is 0.243 e. The van der Waals surface area contributed by atoms with Crippen molar-refractivity contribution < 1.29 is 51.3 Å². The molecule has 0 bridgehead atoms. The van der Waals surface area contributed by atoms with Crippen LogP contribution in [0.15, 0.2) is 98.1 Å². The number of hydrogen-bond donors (Lipinski definition) is 0. The molecule has 2 aromatic carbocycles. The Labute approximate surface area is 315 Å².